The third-order valence-electron chi connectivity index (χ3n) is 3.93. The average Bonchev–Trinajstić information content (AvgIpc) is 2.99. The predicted molar refractivity (Wildman–Crippen MR) is 89.4 cm³/mol. The van der Waals surface area contributed by atoms with Gasteiger partial charge in [0, 0.05) is 44.9 Å². The number of morpholine rings is 1. The zero-order chi connectivity index (χ0) is 18.3. The number of ether oxygens (including phenoxy) is 1. The lowest BCUT2D eigenvalue weighted by Gasteiger charge is -2.34. The number of aliphatic imine (C=N–C) groups is 1. The summed E-state index contributed by atoms with van der Waals surface area (Å²) < 4.78 is 44.1. The van der Waals surface area contributed by atoms with Crippen LogP contribution in [-0.4, -0.2) is 59.6 Å². The van der Waals surface area contributed by atoms with Gasteiger partial charge in [0.2, 0.25) is 0 Å². The Labute approximate surface area is 146 Å². The predicted octanol–water partition coefficient (Wildman–Crippen LogP) is 2.49. The first-order chi connectivity index (χ1) is 11.9. The van der Waals surface area contributed by atoms with Crippen molar-refractivity contribution in [2.24, 2.45) is 12.0 Å². The molecule has 142 valence electrons. The summed E-state index contributed by atoms with van der Waals surface area (Å²) in [5.74, 6) is 0.728. The molecule has 2 rings (SSSR count). The second-order valence-corrected chi connectivity index (χ2v) is 6.06. The van der Waals surface area contributed by atoms with E-state index in [4.69, 9.17) is 4.74 Å². The van der Waals surface area contributed by atoms with Crippen molar-refractivity contribution in [1.29, 1.82) is 0 Å². The molecule has 1 aliphatic heterocycles. The molecule has 1 saturated heterocycles. The summed E-state index contributed by atoms with van der Waals surface area (Å²) >= 11 is 0. The fourth-order valence-electron chi connectivity index (χ4n) is 2.70. The molecule has 1 aromatic heterocycles. The van der Waals surface area contributed by atoms with Crippen LogP contribution in [0.15, 0.2) is 17.4 Å². The van der Waals surface area contributed by atoms with E-state index < -0.39 is 12.6 Å². The maximum Gasteiger partial charge on any atom is 0.389 e. The van der Waals surface area contributed by atoms with Crippen LogP contribution < -0.4 is 5.32 Å². The number of alkyl halides is 3. The Morgan fingerprint density at radius 1 is 1.44 bits per heavy atom. The number of aryl methyl sites for hydroxylation is 1. The Kier molecular flexibility index (Phi) is 7.10. The quantitative estimate of drug-likeness (QED) is 0.481. The van der Waals surface area contributed by atoms with Gasteiger partial charge in [-0.15, -0.1) is 0 Å². The Bertz CT molecular complexity index is 558. The van der Waals surface area contributed by atoms with E-state index >= 15 is 0 Å². The number of hydrogen-bond donors (Lipinski definition) is 1. The Balaban J connectivity index is 1.90. The van der Waals surface area contributed by atoms with E-state index in [9.17, 15) is 13.2 Å². The van der Waals surface area contributed by atoms with E-state index in [1.807, 2.05) is 20.2 Å². The van der Waals surface area contributed by atoms with Crippen LogP contribution in [-0.2, 0) is 11.8 Å². The van der Waals surface area contributed by atoms with Gasteiger partial charge in [0.05, 0.1) is 19.3 Å². The first kappa shape index (κ1) is 19.6. The molecule has 0 aliphatic carbocycles. The van der Waals surface area contributed by atoms with Gasteiger partial charge in [-0.2, -0.15) is 18.3 Å². The molecule has 6 nitrogen and oxygen atoms in total. The number of halogens is 3. The van der Waals surface area contributed by atoms with Crippen molar-refractivity contribution < 1.29 is 17.9 Å². The topological polar surface area (TPSA) is 54.7 Å². The molecule has 25 heavy (non-hydrogen) atoms. The van der Waals surface area contributed by atoms with Gasteiger partial charge < -0.3 is 15.0 Å². The highest BCUT2D eigenvalue weighted by Crippen LogP contribution is 2.23. The monoisotopic (exact) mass is 361 g/mol. The molecule has 0 amide bonds. The second kappa shape index (κ2) is 9.07. The molecule has 0 spiro atoms. The molecular formula is C16H26F3N5O. The van der Waals surface area contributed by atoms with Crippen molar-refractivity contribution in [3.8, 4) is 0 Å². The molecule has 0 bridgehead atoms. The lowest BCUT2D eigenvalue weighted by atomic mass is 10.1. The molecular weight excluding hydrogens is 335 g/mol. The van der Waals surface area contributed by atoms with Crippen LogP contribution in [0.4, 0.5) is 13.2 Å². The fourth-order valence-corrected chi connectivity index (χ4v) is 2.70. The molecule has 0 radical (unpaired) electrons. The lowest BCUT2D eigenvalue weighted by molar-refractivity contribution is -0.135. The summed E-state index contributed by atoms with van der Waals surface area (Å²) in [4.78, 5) is 6.57. The van der Waals surface area contributed by atoms with Gasteiger partial charge in [0.25, 0.3) is 0 Å². The van der Waals surface area contributed by atoms with Crippen molar-refractivity contribution in [1.82, 2.24) is 20.0 Å². The van der Waals surface area contributed by atoms with E-state index in [1.54, 1.807) is 10.9 Å². The van der Waals surface area contributed by atoms with Gasteiger partial charge in [0.15, 0.2) is 5.96 Å². The van der Waals surface area contributed by atoms with E-state index in [-0.39, 0.29) is 12.5 Å². The molecule has 1 fully saturated rings. The highest BCUT2D eigenvalue weighted by molar-refractivity contribution is 5.80. The molecule has 0 saturated carbocycles. The summed E-state index contributed by atoms with van der Waals surface area (Å²) in [7, 11) is 1.86. The van der Waals surface area contributed by atoms with Crippen molar-refractivity contribution in [2.45, 2.75) is 38.5 Å². The molecule has 9 heteroatoms. The molecule has 0 aromatic carbocycles. The van der Waals surface area contributed by atoms with Gasteiger partial charge in [-0.1, -0.05) is 0 Å². The zero-order valence-electron chi connectivity index (χ0n) is 14.7. The van der Waals surface area contributed by atoms with Crippen LogP contribution in [0.2, 0.25) is 0 Å². The maximum atomic E-state index is 12.2. The summed E-state index contributed by atoms with van der Waals surface area (Å²) in [6.45, 7) is 4.96. The minimum atomic E-state index is -4.09. The molecule has 1 aliphatic rings. The average molecular weight is 361 g/mol. The molecule has 1 N–H and O–H groups in total. The number of hydrogen-bond acceptors (Lipinski definition) is 3. The summed E-state index contributed by atoms with van der Waals surface area (Å²) in [5.41, 5.74) is 1.01. The number of nitrogens with one attached hydrogen (secondary N) is 1. The SMILES string of the molecule is CCNC(=NCCCCC(F)(F)F)N1CCOC(c2cnn(C)c2)C1. The Morgan fingerprint density at radius 3 is 2.88 bits per heavy atom. The lowest BCUT2D eigenvalue weighted by Crippen LogP contribution is -2.48. The molecule has 1 unspecified atom stereocenters. The normalized spacial score (nSPS) is 19.3. The third-order valence-corrected chi connectivity index (χ3v) is 3.93. The van der Waals surface area contributed by atoms with Gasteiger partial charge in [-0.3, -0.25) is 9.67 Å². The van der Waals surface area contributed by atoms with Crippen molar-refractivity contribution in [2.75, 3.05) is 32.8 Å². The van der Waals surface area contributed by atoms with Gasteiger partial charge in [-0.05, 0) is 19.8 Å². The van der Waals surface area contributed by atoms with Gasteiger partial charge in [0.1, 0.15) is 6.10 Å². The van der Waals surface area contributed by atoms with Crippen LogP contribution in [0.3, 0.4) is 0 Å². The van der Waals surface area contributed by atoms with Crippen molar-refractivity contribution in [3.63, 3.8) is 0 Å². The summed E-state index contributed by atoms with van der Waals surface area (Å²) in [5, 5.41) is 7.38. The van der Waals surface area contributed by atoms with Crippen LogP contribution in [0.1, 0.15) is 37.9 Å². The molecule has 2 heterocycles. The van der Waals surface area contributed by atoms with E-state index in [0.29, 0.717) is 39.2 Å². The van der Waals surface area contributed by atoms with Crippen LogP contribution in [0.5, 0.6) is 0 Å². The molecule has 1 atom stereocenters. The largest absolute Gasteiger partial charge is 0.389 e. The first-order valence-electron chi connectivity index (χ1n) is 8.59. The fraction of sp³-hybridized carbons (Fsp3) is 0.750. The van der Waals surface area contributed by atoms with E-state index in [0.717, 1.165) is 11.5 Å². The molecule has 1 aromatic rings. The smallest absolute Gasteiger partial charge is 0.370 e. The maximum absolute atomic E-state index is 12.2. The summed E-state index contributed by atoms with van der Waals surface area (Å²) in [6, 6.07) is 0. The zero-order valence-corrected chi connectivity index (χ0v) is 14.7. The first-order valence-corrected chi connectivity index (χ1v) is 8.59. The Morgan fingerprint density at radius 2 is 2.24 bits per heavy atom. The highest BCUT2D eigenvalue weighted by Gasteiger charge is 2.26. The number of unbranched alkanes of at least 4 members (excludes halogenated alkanes) is 1. The van der Waals surface area contributed by atoms with Gasteiger partial charge >= 0.3 is 6.18 Å². The standard InChI is InChI=1S/C16H26F3N5O/c1-3-20-15(21-7-5-4-6-16(17,18)19)24-8-9-25-14(12-24)13-10-22-23(2)11-13/h10-11,14H,3-9,12H2,1-2H3,(H,20,21). The minimum absolute atomic E-state index is 0.0865. The van der Waals surface area contributed by atoms with E-state index in [1.165, 1.54) is 0 Å². The number of guanidine groups is 1. The van der Waals surface area contributed by atoms with Crippen LogP contribution >= 0.6 is 0 Å². The van der Waals surface area contributed by atoms with Crippen LogP contribution in [0.25, 0.3) is 0 Å². The minimum Gasteiger partial charge on any atom is -0.370 e. The number of nitrogens with zero attached hydrogens (tertiary/aromatic N) is 4. The van der Waals surface area contributed by atoms with E-state index in [2.05, 4.69) is 20.3 Å². The highest BCUT2D eigenvalue weighted by atomic mass is 19.4. The number of rotatable bonds is 6. The van der Waals surface area contributed by atoms with Gasteiger partial charge in [-0.25, -0.2) is 0 Å². The van der Waals surface area contributed by atoms with Crippen molar-refractivity contribution in [3.05, 3.63) is 18.0 Å². The van der Waals surface area contributed by atoms with Crippen molar-refractivity contribution >= 4 is 5.96 Å². The van der Waals surface area contributed by atoms with Crippen LogP contribution in [0, 0.1) is 0 Å². The summed E-state index contributed by atoms with van der Waals surface area (Å²) in [6.07, 6.45) is -0.685. The number of aromatic nitrogens is 2. The Hall–Kier alpha value is -1.77. The third kappa shape index (κ3) is 6.56. The second-order valence-electron chi connectivity index (χ2n) is 6.06.